The van der Waals surface area contributed by atoms with E-state index in [2.05, 4.69) is 16.7 Å². The van der Waals surface area contributed by atoms with Crippen LogP contribution in [0, 0.1) is 18.3 Å². The zero-order chi connectivity index (χ0) is 13.8. The fraction of sp³-hybridized carbons (Fsp3) is 0.357. The molecule has 2 N–H and O–H groups in total. The van der Waals surface area contributed by atoms with E-state index >= 15 is 0 Å². The van der Waals surface area contributed by atoms with Crippen molar-refractivity contribution in [3.05, 3.63) is 34.9 Å². The SMILES string of the molecule is Cc1cc(C#N)ccc1CNC1CCC(=O)NC1=O. The maximum Gasteiger partial charge on any atom is 0.243 e. The van der Waals surface area contributed by atoms with Crippen molar-refractivity contribution in [2.45, 2.75) is 32.4 Å². The van der Waals surface area contributed by atoms with Crippen molar-refractivity contribution >= 4 is 11.8 Å². The van der Waals surface area contributed by atoms with Crippen LogP contribution in [0.5, 0.6) is 0 Å². The van der Waals surface area contributed by atoms with Gasteiger partial charge in [0.25, 0.3) is 0 Å². The number of hydrogen-bond donors (Lipinski definition) is 2. The molecule has 0 bridgehead atoms. The fourth-order valence-corrected chi connectivity index (χ4v) is 2.09. The molecule has 1 aliphatic rings. The Bertz CT molecular complexity index is 560. The predicted octanol–water partition coefficient (Wildman–Crippen LogP) is 0.761. The topological polar surface area (TPSA) is 82.0 Å². The van der Waals surface area contributed by atoms with E-state index in [1.807, 2.05) is 19.1 Å². The molecule has 1 heterocycles. The van der Waals surface area contributed by atoms with Crippen molar-refractivity contribution < 1.29 is 9.59 Å². The number of hydrogen-bond acceptors (Lipinski definition) is 4. The largest absolute Gasteiger partial charge is 0.302 e. The summed E-state index contributed by atoms with van der Waals surface area (Å²) in [6.07, 6.45) is 0.899. The lowest BCUT2D eigenvalue weighted by atomic mass is 10.0. The molecule has 1 unspecified atom stereocenters. The molecule has 98 valence electrons. The molecule has 0 saturated carbocycles. The molecular weight excluding hydrogens is 242 g/mol. The van der Waals surface area contributed by atoms with Crippen molar-refractivity contribution in [3.63, 3.8) is 0 Å². The first kappa shape index (κ1) is 13.2. The molecule has 5 heteroatoms. The van der Waals surface area contributed by atoms with E-state index in [4.69, 9.17) is 5.26 Å². The van der Waals surface area contributed by atoms with Crippen LogP contribution >= 0.6 is 0 Å². The number of rotatable bonds is 3. The minimum atomic E-state index is -0.326. The number of nitrogens with one attached hydrogen (secondary N) is 2. The number of piperidine rings is 1. The summed E-state index contributed by atoms with van der Waals surface area (Å²) in [6, 6.07) is 7.23. The van der Waals surface area contributed by atoms with Crippen LogP contribution in [0.2, 0.25) is 0 Å². The van der Waals surface area contributed by atoms with Crippen LogP contribution in [0.1, 0.15) is 29.5 Å². The zero-order valence-corrected chi connectivity index (χ0v) is 10.7. The lowest BCUT2D eigenvalue weighted by molar-refractivity contribution is -0.134. The maximum absolute atomic E-state index is 11.6. The molecule has 0 aromatic heterocycles. The van der Waals surface area contributed by atoms with Crippen LogP contribution in [-0.2, 0) is 16.1 Å². The van der Waals surface area contributed by atoms with Crippen LogP contribution < -0.4 is 10.6 Å². The van der Waals surface area contributed by atoms with E-state index < -0.39 is 0 Å². The molecule has 0 aliphatic carbocycles. The van der Waals surface area contributed by atoms with E-state index in [0.717, 1.165) is 11.1 Å². The maximum atomic E-state index is 11.6. The number of nitrogens with zero attached hydrogens (tertiary/aromatic N) is 1. The van der Waals surface area contributed by atoms with Crippen LogP contribution in [-0.4, -0.2) is 17.9 Å². The Morgan fingerprint density at radius 1 is 1.47 bits per heavy atom. The summed E-state index contributed by atoms with van der Waals surface area (Å²) in [5.41, 5.74) is 2.69. The van der Waals surface area contributed by atoms with E-state index in [-0.39, 0.29) is 17.9 Å². The molecule has 0 radical (unpaired) electrons. The van der Waals surface area contributed by atoms with Gasteiger partial charge in [-0.15, -0.1) is 0 Å². The fourth-order valence-electron chi connectivity index (χ4n) is 2.09. The van der Waals surface area contributed by atoms with Gasteiger partial charge < -0.3 is 5.32 Å². The van der Waals surface area contributed by atoms with Gasteiger partial charge in [-0.2, -0.15) is 5.26 Å². The summed E-state index contributed by atoms with van der Waals surface area (Å²) in [7, 11) is 0. The Kier molecular flexibility index (Phi) is 3.93. The van der Waals surface area contributed by atoms with Gasteiger partial charge >= 0.3 is 0 Å². The van der Waals surface area contributed by atoms with Crippen LogP contribution in [0.25, 0.3) is 0 Å². The van der Waals surface area contributed by atoms with Crippen molar-refractivity contribution in [2.75, 3.05) is 0 Å². The molecule has 1 saturated heterocycles. The molecular formula is C14H15N3O2. The monoisotopic (exact) mass is 257 g/mol. The predicted molar refractivity (Wildman–Crippen MR) is 68.9 cm³/mol. The smallest absolute Gasteiger partial charge is 0.243 e. The highest BCUT2D eigenvalue weighted by molar-refractivity contribution is 6.00. The van der Waals surface area contributed by atoms with E-state index in [0.29, 0.717) is 24.9 Å². The van der Waals surface area contributed by atoms with Gasteiger partial charge in [0, 0.05) is 13.0 Å². The van der Waals surface area contributed by atoms with Gasteiger partial charge in [-0.1, -0.05) is 6.07 Å². The number of carbonyl (C=O) groups is 2. The second-order valence-electron chi connectivity index (χ2n) is 4.64. The summed E-state index contributed by atoms with van der Waals surface area (Å²) in [5.74, 6) is -0.472. The Hall–Kier alpha value is -2.19. The molecule has 5 nitrogen and oxygen atoms in total. The summed E-state index contributed by atoms with van der Waals surface area (Å²) in [5, 5.41) is 14.3. The number of imide groups is 1. The average molecular weight is 257 g/mol. The number of benzene rings is 1. The first-order valence-corrected chi connectivity index (χ1v) is 6.17. The highest BCUT2D eigenvalue weighted by Crippen LogP contribution is 2.12. The molecule has 1 atom stereocenters. The lowest BCUT2D eigenvalue weighted by Crippen LogP contribution is -2.50. The molecule has 2 rings (SSSR count). The van der Waals surface area contributed by atoms with Crippen molar-refractivity contribution in [2.24, 2.45) is 0 Å². The zero-order valence-electron chi connectivity index (χ0n) is 10.7. The first-order chi connectivity index (χ1) is 9.10. The summed E-state index contributed by atoms with van der Waals surface area (Å²) in [4.78, 5) is 22.6. The second-order valence-corrected chi connectivity index (χ2v) is 4.64. The van der Waals surface area contributed by atoms with Gasteiger partial charge in [0.2, 0.25) is 11.8 Å². The molecule has 0 spiro atoms. The van der Waals surface area contributed by atoms with Crippen LogP contribution in [0.15, 0.2) is 18.2 Å². The van der Waals surface area contributed by atoms with Gasteiger partial charge in [-0.3, -0.25) is 14.9 Å². The molecule has 1 aromatic rings. The van der Waals surface area contributed by atoms with Crippen LogP contribution in [0.3, 0.4) is 0 Å². The van der Waals surface area contributed by atoms with Gasteiger partial charge in [0.15, 0.2) is 0 Å². The van der Waals surface area contributed by atoms with E-state index in [1.54, 1.807) is 6.07 Å². The van der Waals surface area contributed by atoms with Crippen molar-refractivity contribution in [1.29, 1.82) is 5.26 Å². The number of carbonyl (C=O) groups excluding carboxylic acids is 2. The number of nitriles is 1. The third kappa shape index (κ3) is 3.18. The minimum absolute atomic E-state index is 0.211. The summed E-state index contributed by atoms with van der Waals surface area (Å²) in [6.45, 7) is 2.48. The van der Waals surface area contributed by atoms with E-state index in [9.17, 15) is 9.59 Å². The Labute approximate surface area is 111 Å². The van der Waals surface area contributed by atoms with E-state index in [1.165, 1.54) is 0 Å². The molecule has 19 heavy (non-hydrogen) atoms. The van der Waals surface area contributed by atoms with Gasteiger partial charge in [0.1, 0.15) is 0 Å². The average Bonchev–Trinajstić information content (AvgIpc) is 2.39. The summed E-state index contributed by atoms with van der Waals surface area (Å²) >= 11 is 0. The van der Waals surface area contributed by atoms with Gasteiger partial charge in [0.05, 0.1) is 17.7 Å². The first-order valence-electron chi connectivity index (χ1n) is 6.17. The van der Waals surface area contributed by atoms with Crippen molar-refractivity contribution in [3.8, 4) is 6.07 Å². The Morgan fingerprint density at radius 2 is 2.26 bits per heavy atom. The molecule has 1 aromatic carbocycles. The Balaban J connectivity index is 1.97. The van der Waals surface area contributed by atoms with Gasteiger partial charge in [-0.25, -0.2) is 0 Å². The molecule has 2 amide bonds. The minimum Gasteiger partial charge on any atom is -0.302 e. The van der Waals surface area contributed by atoms with Crippen molar-refractivity contribution in [1.82, 2.24) is 10.6 Å². The third-order valence-electron chi connectivity index (χ3n) is 3.25. The normalized spacial score (nSPS) is 18.8. The third-order valence-corrected chi connectivity index (χ3v) is 3.25. The lowest BCUT2D eigenvalue weighted by Gasteiger charge is -2.22. The number of amides is 2. The highest BCUT2D eigenvalue weighted by Gasteiger charge is 2.25. The number of aryl methyl sites for hydroxylation is 1. The summed E-state index contributed by atoms with van der Waals surface area (Å²) < 4.78 is 0. The second kappa shape index (κ2) is 5.63. The highest BCUT2D eigenvalue weighted by atomic mass is 16.2. The molecule has 1 fully saturated rings. The Morgan fingerprint density at radius 3 is 2.89 bits per heavy atom. The van der Waals surface area contributed by atoms with Gasteiger partial charge in [-0.05, 0) is 36.6 Å². The standard InChI is InChI=1S/C14H15N3O2/c1-9-6-10(7-15)2-3-11(9)8-16-12-4-5-13(18)17-14(12)19/h2-3,6,12,16H,4-5,8H2,1H3,(H,17,18,19). The quantitative estimate of drug-likeness (QED) is 0.783. The van der Waals surface area contributed by atoms with Crippen LogP contribution in [0.4, 0.5) is 0 Å². The molecule has 1 aliphatic heterocycles.